The molecule has 3 atom stereocenters. The van der Waals surface area contributed by atoms with Crippen LogP contribution in [0.2, 0.25) is 0 Å². The van der Waals surface area contributed by atoms with Crippen molar-refractivity contribution in [2.45, 2.75) is 43.5 Å². The summed E-state index contributed by atoms with van der Waals surface area (Å²) in [5.41, 5.74) is 3.11. The van der Waals surface area contributed by atoms with Crippen LogP contribution in [-0.4, -0.2) is 48.3 Å². The Bertz CT molecular complexity index is 1050. The van der Waals surface area contributed by atoms with Crippen molar-refractivity contribution in [3.8, 4) is 0 Å². The van der Waals surface area contributed by atoms with E-state index in [9.17, 15) is 13.2 Å². The van der Waals surface area contributed by atoms with Crippen LogP contribution in [0.3, 0.4) is 0 Å². The summed E-state index contributed by atoms with van der Waals surface area (Å²) in [5, 5.41) is 7.13. The molecule has 6 nitrogen and oxygen atoms in total. The number of nitrogens with one attached hydrogen (secondary N) is 2. The molecule has 31 heavy (non-hydrogen) atoms. The van der Waals surface area contributed by atoms with Crippen molar-refractivity contribution < 1.29 is 13.2 Å². The number of rotatable bonds is 7. The van der Waals surface area contributed by atoms with E-state index in [0.29, 0.717) is 6.42 Å². The molecule has 2 aromatic rings. The molecule has 0 spiro atoms. The average molecular weight is 458 g/mol. The number of sulfone groups is 1. The van der Waals surface area contributed by atoms with Gasteiger partial charge in [-0.05, 0) is 43.0 Å². The first kappa shape index (κ1) is 21.9. The van der Waals surface area contributed by atoms with Gasteiger partial charge in [-0.1, -0.05) is 54.2 Å². The molecule has 2 heterocycles. The lowest BCUT2D eigenvalue weighted by molar-refractivity contribution is -0.121. The zero-order chi connectivity index (χ0) is 21.8. The zero-order valence-corrected chi connectivity index (χ0v) is 19.1. The molecule has 1 amide bonds. The van der Waals surface area contributed by atoms with Crippen LogP contribution in [-0.2, 0) is 27.5 Å². The number of hydrogen-bond donors (Lipinski definition) is 2. The summed E-state index contributed by atoms with van der Waals surface area (Å²) < 4.78 is 23.3. The second-order valence-corrected chi connectivity index (χ2v) is 11.6. The standard InChI is InChI=1S/C23H27N3O3S2/c1-16(7-8-17-5-3-2-4-6-17)24-22(27)13-18-9-11-19(12-10-18)25-23-26-20-14-31(28,29)15-21(20)30-23/h2-6,9-12,16,20-21H,7-8,13-15H2,1H3,(H,24,27)(H,25,26). The highest BCUT2D eigenvalue weighted by Crippen LogP contribution is 2.34. The van der Waals surface area contributed by atoms with Crippen molar-refractivity contribution in [3.63, 3.8) is 0 Å². The van der Waals surface area contributed by atoms with Gasteiger partial charge in [0.25, 0.3) is 0 Å². The van der Waals surface area contributed by atoms with Crippen LogP contribution in [0.1, 0.15) is 24.5 Å². The molecule has 1 fully saturated rings. The second-order valence-electron chi connectivity index (χ2n) is 8.23. The Morgan fingerprint density at radius 1 is 1.10 bits per heavy atom. The summed E-state index contributed by atoms with van der Waals surface area (Å²) in [6, 6.07) is 18.0. The third-order valence-corrected chi connectivity index (χ3v) is 8.65. The fraction of sp³-hybridized carbons (Fsp3) is 0.391. The molecular formula is C23H27N3O3S2. The Kier molecular flexibility index (Phi) is 6.67. The highest BCUT2D eigenvalue weighted by atomic mass is 32.2. The Morgan fingerprint density at radius 3 is 2.55 bits per heavy atom. The Morgan fingerprint density at radius 2 is 1.84 bits per heavy atom. The number of benzene rings is 2. The molecular weight excluding hydrogens is 430 g/mol. The van der Waals surface area contributed by atoms with E-state index in [2.05, 4.69) is 27.8 Å². The lowest BCUT2D eigenvalue weighted by atomic mass is 10.1. The Balaban J connectivity index is 1.23. The molecule has 0 bridgehead atoms. The zero-order valence-electron chi connectivity index (χ0n) is 17.5. The fourth-order valence-electron chi connectivity index (χ4n) is 3.86. The molecule has 4 rings (SSSR count). The quantitative estimate of drug-likeness (QED) is 0.667. The maximum absolute atomic E-state index is 12.4. The third-order valence-electron chi connectivity index (χ3n) is 5.50. The van der Waals surface area contributed by atoms with Gasteiger partial charge in [-0.3, -0.25) is 9.79 Å². The molecule has 2 aliphatic rings. The summed E-state index contributed by atoms with van der Waals surface area (Å²) in [7, 11) is -2.94. The Hall–Kier alpha value is -2.32. The number of fused-ring (bicyclic) bond motifs is 1. The first-order valence-corrected chi connectivity index (χ1v) is 13.2. The van der Waals surface area contributed by atoms with Crippen molar-refractivity contribution in [2.24, 2.45) is 4.99 Å². The van der Waals surface area contributed by atoms with Gasteiger partial charge in [0.05, 0.1) is 24.0 Å². The molecule has 0 aliphatic carbocycles. The number of carbonyl (C=O) groups excluding carboxylic acids is 1. The monoisotopic (exact) mass is 457 g/mol. The van der Waals surface area contributed by atoms with Crippen LogP contribution in [0.25, 0.3) is 0 Å². The van der Waals surface area contributed by atoms with Gasteiger partial charge in [0, 0.05) is 17.0 Å². The summed E-state index contributed by atoms with van der Waals surface area (Å²) in [6.07, 6.45) is 2.19. The largest absolute Gasteiger partial charge is 0.353 e. The van der Waals surface area contributed by atoms with E-state index in [1.807, 2.05) is 49.4 Å². The second kappa shape index (κ2) is 9.44. The number of thioether (sulfide) groups is 1. The molecule has 2 aromatic carbocycles. The summed E-state index contributed by atoms with van der Waals surface area (Å²) in [6.45, 7) is 2.04. The highest BCUT2D eigenvalue weighted by Gasteiger charge is 2.42. The molecule has 164 valence electrons. The maximum Gasteiger partial charge on any atom is 0.224 e. The molecule has 0 saturated carbocycles. The number of aliphatic imine (C=N–C) groups is 1. The van der Waals surface area contributed by atoms with E-state index in [1.54, 1.807) is 0 Å². The topological polar surface area (TPSA) is 87.6 Å². The molecule has 0 radical (unpaired) electrons. The third kappa shape index (κ3) is 6.11. The molecule has 8 heteroatoms. The van der Waals surface area contributed by atoms with E-state index in [-0.39, 0.29) is 34.7 Å². The SMILES string of the molecule is CC(CCc1ccccc1)NC(=O)Cc1ccc(NC2=NC3CS(=O)(=O)CC3S2)cc1. The molecule has 0 aromatic heterocycles. The van der Waals surface area contributed by atoms with Gasteiger partial charge in [-0.2, -0.15) is 0 Å². The van der Waals surface area contributed by atoms with Crippen molar-refractivity contribution >= 4 is 38.4 Å². The van der Waals surface area contributed by atoms with Crippen molar-refractivity contribution in [2.75, 3.05) is 16.8 Å². The van der Waals surface area contributed by atoms with Gasteiger partial charge >= 0.3 is 0 Å². The number of nitrogens with zero attached hydrogens (tertiary/aromatic N) is 1. The Labute approximate surface area is 187 Å². The average Bonchev–Trinajstić information content (AvgIpc) is 3.21. The highest BCUT2D eigenvalue weighted by molar-refractivity contribution is 8.15. The van der Waals surface area contributed by atoms with Gasteiger partial charge in [0.2, 0.25) is 5.91 Å². The maximum atomic E-state index is 12.4. The van der Waals surface area contributed by atoms with Crippen molar-refractivity contribution in [1.82, 2.24) is 5.32 Å². The smallest absolute Gasteiger partial charge is 0.224 e. The van der Waals surface area contributed by atoms with Gasteiger partial charge < -0.3 is 10.6 Å². The lowest BCUT2D eigenvalue weighted by Crippen LogP contribution is -2.34. The van der Waals surface area contributed by atoms with Crippen LogP contribution in [0, 0.1) is 0 Å². The van der Waals surface area contributed by atoms with E-state index >= 15 is 0 Å². The van der Waals surface area contributed by atoms with E-state index in [0.717, 1.165) is 29.3 Å². The predicted octanol–water partition coefficient (Wildman–Crippen LogP) is 3.05. The van der Waals surface area contributed by atoms with Gasteiger partial charge in [0.15, 0.2) is 15.0 Å². The van der Waals surface area contributed by atoms with Crippen LogP contribution in [0.4, 0.5) is 5.69 Å². The molecule has 2 aliphatic heterocycles. The number of carbonyl (C=O) groups is 1. The number of aryl methyl sites for hydroxylation is 1. The molecule has 3 unspecified atom stereocenters. The fourth-order valence-corrected chi connectivity index (χ4v) is 7.53. The minimum absolute atomic E-state index is 0.0195. The van der Waals surface area contributed by atoms with Gasteiger partial charge in [0.1, 0.15) is 0 Å². The molecule has 1 saturated heterocycles. The predicted molar refractivity (Wildman–Crippen MR) is 127 cm³/mol. The van der Waals surface area contributed by atoms with Crippen molar-refractivity contribution in [3.05, 3.63) is 65.7 Å². The van der Waals surface area contributed by atoms with Gasteiger partial charge in [-0.15, -0.1) is 0 Å². The van der Waals surface area contributed by atoms with E-state index in [1.165, 1.54) is 17.3 Å². The van der Waals surface area contributed by atoms with Crippen LogP contribution >= 0.6 is 11.8 Å². The minimum atomic E-state index is -2.94. The number of amidine groups is 1. The van der Waals surface area contributed by atoms with E-state index in [4.69, 9.17) is 0 Å². The number of hydrogen-bond acceptors (Lipinski definition) is 6. The van der Waals surface area contributed by atoms with E-state index < -0.39 is 9.84 Å². The lowest BCUT2D eigenvalue weighted by Gasteiger charge is -2.14. The number of amides is 1. The molecule has 2 N–H and O–H groups in total. The summed E-state index contributed by atoms with van der Waals surface area (Å²) in [5.74, 6) is 0.369. The summed E-state index contributed by atoms with van der Waals surface area (Å²) >= 11 is 1.50. The minimum Gasteiger partial charge on any atom is -0.353 e. The first-order chi connectivity index (χ1) is 14.9. The van der Waals surface area contributed by atoms with Crippen molar-refractivity contribution in [1.29, 1.82) is 0 Å². The van der Waals surface area contributed by atoms with Gasteiger partial charge in [-0.25, -0.2) is 8.42 Å². The van der Waals surface area contributed by atoms with Crippen LogP contribution in [0.5, 0.6) is 0 Å². The normalized spacial score (nSPS) is 22.4. The summed E-state index contributed by atoms with van der Waals surface area (Å²) in [4.78, 5) is 16.9. The first-order valence-electron chi connectivity index (χ1n) is 10.5. The van der Waals surface area contributed by atoms with Crippen LogP contribution in [0.15, 0.2) is 59.6 Å². The number of anilines is 1. The van der Waals surface area contributed by atoms with Crippen LogP contribution < -0.4 is 10.6 Å².